The Morgan fingerprint density at radius 1 is 0.929 bits per heavy atom. The summed E-state index contributed by atoms with van der Waals surface area (Å²) >= 11 is 0. The average Bonchev–Trinajstić information content (AvgIpc) is 3.23. The van der Waals surface area contributed by atoms with Gasteiger partial charge in [0, 0.05) is 29.2 Å². The smallest absolute Gasteiger partial charge is 0.347 e. The number of nitrogens with one attached hydrogen (secondary N) is 1. The van der Waals surface area contributed by atoms with E-state index in [4.69, 9.17) is 4.74 Å². The Bertz CT molecular complexity index is 1590. The zero-order chi connectivity index (χ0) is 30.8. The monoisotopic (exact) mass is 568 g/mol. The zero-order valence-electron chi connectivity index (χ0n) is 26.1. The molecule has 42 heavy (non-hydrogen) atoms. The standard InChI is InChI=1S/C36H44N2O4/c1-23(2)21-38-22-28(17-25-11-9-14-30(18-25)42-36(7,8)34(40)41)31-16-15-27(20-32(31)38)33(39)37-24(3)26-12-10-13-29(19-26)35(4,5)6/h9-16,18-20,22-24H,17,21H2,1-8H3,(H,37,39)(H,40,41)/t24-/m0/s1. The lowest BCUT2D eigenvalue weighted by Gasteiger charge is -2.22. The van der Waals surface area contributed by atoms with E-state index >= 15 is 0 Å². The van der Waals surface area contributed by atoms with Crippen molar-refractivity contribution in [1.29, 1.82) is 0 Å². The van der Waals surface area contributed by atoms with Gasteiger partial charge in [0.05, 0.1) is 6.04 Å². The molecule has 1 heterocycles. The van der Waals surface area contributed by atoms with Gasteiger partial charge >= 0.3 is 5.97 Å². The molecule has 0 saturated carbocycles. The number of hydrogen-bond donors (Lipinski definition) is 2. The molecule has 0 aliphatic heterocycles. The molecule has 0 fully saturated rings. The minimum Gasteiger partial charge on any atom is -0.478 e. The van der Waals surface area contributed by atoms with Crippen LogP contribution in [0.2, 0.25) is 0 Å². The molecule has 1 atom stereocenters. The van der Waals surface area contributed by atoms with Gasteiger partial charge in [-0.3, -0.25) is 4.79 Å². The van der Waals surface area contributed by atoms with Gasteiger partial charge in [0.15, 0.2) is 5.60 Å². The van der Waals surface area contributed by atoms with Gasteiger partial charge in [-0.15, -0.1) is 0 Å². The summed E-state index contributed by atoms with van der Waals surface area (Å²) in [4.78, 5) is 24.9. The normalized spacial score (nSPS) is 12.9. The van der Waals surface area contributed by atoms with Crippen LogP contribution in [0.5, 0.6) is 5.75 Å². The van der Waals surface area contributed by atoms with Crippen LogP contribution in [0.1, 0.15) is 94.0 Å². The second kappa shape index (κ2) is 12.0. The fourth-order valence-corrected chi connectivity index (χ4v) is 5.11. The number of benzene rings is 3. The molecule has 3 aromatic carbocycles. The minimum atomic E-state index is -1.32. The maximum absolute atomic E-state index is 13.4. The molecule has 6 heteroatoms. The molecule has 0 aliphatic rings. The van der Waals surface area contributed by atoms with Crippen molar-refractivity contribution in [2.24, 2.45) is 5.92 Å². The lowest BCUT2D eigenvalue weighted by molar-refractivity contribution is -0.152. The van der Waals surface area contributed by atoms with E-state index in [-0.39, 0.29) is 17.4 Å². The molecule has 2 N–H and O–H groups in total. The highest BCUT2D eigenvalue weighted by molar-refractivity contribution is 5.99. The van der Waals surface area contributed by atoms with Gasteiger partial charge in [-0.2, -0.15) is 0 Å². The molecule has 0 spiro atoms. The molecule has 1 amide bonds. The van der Waals surface area contributed by atoms with Crippen molar-refractivity contribution >= 4 is 22.8 Å². The summed E-state index contributed by atoms with van der Waals surface area (Å²) in [5.41, 5.74) is 4.84. The molecule has 0 unspecified atom stereocenters. The number of amides is 1. The van der Waals surface area contributed by atoms with Crippen LogP contribution >= 0.6 is 0 Å². The topological polar surface area (TPSA) is 80.6 Å². The SMILES string of the molecule is CC(C)Cn1cc(Cc2cccc(OC(C)(C)C(=O)O)c2)c2ccc(C(=O)N[C@@H](C)c3cccc(C(C)(C)C)c3)cc21. The summed E-state index contributed by atoms with van der Waals surface area (Å²) in [7, 11) is 0. The maximum atomic E-state index is 13.4. The van der Waals surface area contributed by atoms with Crippen molar-refractivity contribution < 1.29 is 19.4 Å². The third-order valence-electron chi connectivity index (χ3n) is 7.57. The number of aromatic nitrogens is 1. The molecule has 0 aliphatic carbocycles. The molecular formula is C36H44N2O4. The van der Waals surface area contributed by atoms with E-state index in [2.05, 4.69) is 75.0 Å². The average molecular weight is 569 g/mol. The Labute approximate surface area is 249 Å². The first-order valence-corrected chi connectivity index (χ1v) is 14.7. The van der Waals surface area contributed by atoms with Gasteiger partial charge in [-0.25, -0.2) is 4.79 Å². The van der Waals surface area contributed by atoms with E-state index in [0.29, 0.717) is 23.7 Å². The number of rotatable bonds is 10. The largest absolute Gasteiger partial charge is 0.478 e. The fourth-order valence-electron chi connectivity index (χ4n) is 5.11. The van der Waals surface area contributed by atoms with Crippen LogP contribution in [-0.4, -0.2) is 27.2 Å². The number of ether oxygens (including phenoxy) is 1. The molecule has 0 bridgehead atoms. The highest BCUT2D eigenvalue weighted by Crippen LogP contribution is 2.29. The van der Waals surface area contributed by atoms with Gasteiger partial charge in [0.2, 0.25) is 0 Å². The Kier molecular flexibility index (Phi) is 8.86. The lowest BCUT2D eigenvalue weighted by atomic mass is 9.85. The first kappa shape index (κ1) is 30.9. The van der Waals surface area contributed by atoms with Crippen LogP contribution in [0.3, 0.4) is 0 Å². The van der Waals surface area contributed by atoms with Crippen LogP contribution in [0.4, 0.5) is 0 Å². The third kappa shape index (κ3) is 7.22. The van der Waals surface area contributed by atoms with E-state index in [0.717, 1.165) is 34.1 Å². The van der Waals surface area contributed by atoms with Crippen molar-refractivity contribution in [2.75, 3.05) is 0 Å². The predicted molar refractivity (Wildman–Crippen MR) is 169 cm³/mol. The summed E-state index contributed by atoms with van der Waals surface area (Å²) in [5.74, 6) is -0.171. The molecular weight excluding hydrogens is 524 g/mol. The number of carbonyl (C=O) groups is 2. The number of carboxylic acid groups (broad SMARTS) is 1. The molecule has 4 aromatic rings. The summed E-state index contributed by atoms with van der Waals surface area (Å²) in [6.07, 6.45) is 2.82. The Morgan fingerprint density at radius 2 is 1.64 bits per heavy atom. The zero-order valence-corrected chi connectivity index (χ0v) is 26.1. The van der Waals surface area contributed by atoms with Gasteiger partial charge in [-0.05, 0) is 85.0 Å². The fraction of sp³-hybridized carbons (Fsp3) is 0.389. The first-order valence-electron chi connectivity index (χ1n) is 14.7. The van der Waals surface area contributed by atoms with E-state index in [1.54, 1.807) is 19.9 Å². The first-order chi connectivity index (χ1) is 19.6. The van der Waals surface area contributed by atoms with Crippen molar-refractivity contribution in [2.45, 2.75) is 85.4 Å². The maximum Gasteiger partial charge on any atom is 0.347 e. The van der Waals surface area contributed by atoms with Crippen LogP contribution in [0.15, 0.2) is 72.9 Å². The van der Waals surface area contributed by atoms with Gasteiger partial charge in [-0.1, -0.05) is 77.1 Å². The van der Waals surface area contributed by atoms with Crippen molar-refractivity contribution in [3.63, 3.8) is 0 Å². The number of nitrogens with zero attached hydrogens (tertiary/aromatic N) is 1. The highest BCUT2D eigenvalue weighted by Gasteiger charge is 2.29. The third-order valence-corrected chi connectivity index (χ3v) is 7.57. The Morgan fingerprint density at radius 3 is 2.31 bits per heavy atom. The van der Waals surface area contributed by atoms with Crippen LogP contribution in [-0.2, 0) is 23.2 Å². The van der Waals surface area contributed by atoms with Crippen molar-refractivity contribution in [3.8, 4) is 5.75 Å². The van der Waals surface area contributed by atoms with E-state index in [1.165, 1.54) is 5.56 Å². The summed E-state index contributed by atoms with van der Waals surface area (Å²) < 4.78 is 8.00. The molecule has 222 valence electrons. The number of carbonyl (C=O) groups excluding carboxylic acids is 1. The molecule has 4 rings (SSSR count). The van der Waals surface area contributed by atoms with Crippen molar-refractivity contribution in [3.05, 3.63) is 101 Å². The summed E-state index contributed by atoms with van der Waals surface area (Å²) in [5, 5.41) is 13.7. The van der Waals surface area contributed by atoms with Gasteiger partial charge in [0.25, 0.3) is 5.91 Å². The van der Waals surface area contributed by atoms with Crippen LogP contribution < -0.4 is 10.1 Å². The van der Waals surface area contributed by atoms with E-state index in [9.17, 15) is 14.7 Å². The van der Waals surface area contributed by atoms with E-state index in [1.807, 2.05) is 43.3 Å². The molecule has 0 radical (unpaired) electrons. The molecule has 1 aromatic heterocycles. The number of hydrogen-bond acceptors (Lipinski definition) is 3. The Hall–Kier alpha value is -4.06. The van der Waals surface area contributed by atoms with Crippen LogP contribution in [0, 0.1) is 5.92 Å². The second-order valence-corrected chi connectivity index (χ2v) is 13.2. The number of carboxylic acids is 1. The summed E-state index contributed by atoms with van der Waals surface area (Å²) in [6.45, 7) is 16.9. The lowest BCUT2D eigenvalue weighted by Crippen LogP contribution is -2.37. The minimum absolute atomic E-state index is 0.0354. The second-order valence-electron chi connectivity index (χ2n) is 13.2. The Balaban J connectivity index is 1.60. The predicted octanol–water partition coefficient (Wildman–Crippen LogP) is 7.92. The molecule has 6 nitrogen and oxygen atoms in total. The van der Waals surface area contributed by atoms with Crippen LogP contribution in [0.25, 0.3) is 10.9 Å². The van der Waals surface area contributed by atoms with Crippen molar-refractivity contribution in [1.82, 2.24) is 9.88 Å². The van der Waals surface area contributed by atoms with Gasteiger partial charge < -0.3 is 19.7 Å². The van der Waals surface area contributed by atoms with E-state index < -0.39 is 11.6 Å². The number of fused-ring (bicyclic) bond motifs is 1. The highest BCUT2D eigenvalue weighted by atomic mass is 16.5. The molecule has 0 saturated heterocycles. The number of aliphatic carboxylic acids is 1. The van der Waals surface area contributed by atoms with Gasteiger partial charge in [0.1, 0.15) is 5.75 Å². The summed E-state index contributed by atoms with van der Waals surface area (Å²) in [6, 6.07) is 21.8. The quantitative estimate of drug-likeness (QED) is 0.204.